The van der Waals surface area contributed by atoms with Gasteiger partial charge in [-0.2, -0.15) is 0 Å². The molecule has 3 aromatic carbocycles. The summed E-state index contributed by atoms with van der Waals surface area (Å²) in [5.74, 6) is 1.04. The van der Waals surface area contributed by atoms with E-state index in [1.54, 1.807) is 7.11 Å². The highest BCUT2D eigenvalue weighted by atomic mass is 16.5. The van der Waals surface area contributed by atoms with Crippen LogP contribution in [0, 0.1) is 5.41 Å². The third kappa shape index (κ3) is 2.32. The molecule has 1 N–H and O–H groups in total. The second-order valence-corrected chi connectivity index (χ2v) is 8.02. The van der Waals surface area contributed by atoms with Gasteiger partial charge in [0, 0.05) is 11.8 Å². The summed E-state index contributed by atoms with van der Waals surface area (Å²) in [6, 6.07) is 24.8. The molecule has 3 aliphatic carbocycles. The molecule has 0 saturated carbocycles. The SMILES string of the molecule is COc1ccccc1NC(=O)[C@@]1(C)CC2c3ccccc3C1c1ccccc12. The van der Waals surface area contributed by atoms with Crippen LogP contribution in [0.4, 0.5) is 5.69 Å². The highest BCUT2D eigenvalue weighted by Crippen LogP contribution is 2.61. The van der Waals surface area contributed by atoms with Crippen LogP contribution in [0.5, 0.6) is 5.75 Å². The molecule has 28 heavy (non-hydrogen) atoms. The average Bonchev–Trinajstić information content (AvgIpc) is 2.74. The lowest BCUT2D eigenvalue weighted by Gasteiger charge is -2.50. The molecule has 1 amide bonds. The molecule has 6 rings (SSSR count). The minimum Gasteiger partial charge on any atom is -0.495 e. The van der Waals surface area contributed by atoms with Crippen molar-refractivity contribution in [3.63, 3.8) is 0 Å². The number of fused-ring (bicyclic) bond motifs is 1. The molecule has 0 fully saturated rings. The monoisotopic (exact) mass is 369 g/mol. The maximum Gasteiger partial charge on any atom is 0.231 e. The van der Waals surface area contributed by atoms with E-state index in [-0.39, 0.29) is 17.7 Å². The minimum atomic E-state index is -0.520. The first-order valence-electron chi connectivity index (χ1n) is 9.75. The molecule has 0 saturated heterocycles. The second kappa shape index (κ2) is 6.23. The molecule has 0 aromatic heterocycles. The van der Waals surface area contributed by atoms with Crippen LogP contribution in [0.15, 0.2) is 72.8 Å². The number of benzene rings is 3. The largest absolute Gasteiger partial charge is 0.495 e. The Kier molecular flexibility index (Phi) is 3.80. The molecule has 0 radical (unpaired) electrons. The van der Waals surface area contributed by atoms with Crippen LogP contribution in [0.1, 0.15) is 47.4 Å². The summed E-state index contributed by atoms with van der Waals surface area (Å²) < 4.78 is 5.43. The number of carbonyl (C=O) groups is 1. The first kappa shape index (κ1) is 17.1. The molecule has 0 aliphatic heterocycles. The Balaban J connectivity index is 1.60. The molecule has 0 spiro atoms. The number of hydrogen-bond donors (Lipinski definition) is 1. The summed E-state index contributed by atoms with van der Waals surface area (Å²) in [5.41, 5.74) is 5.51. The van der Waals surface area contributed by atoms with Crippen molar-refractivity contribution >= 4 is 11.6 Å². The summed E-state index contributed by atoms with van der Waals surface area (Å²) in [4.78, 5) is 13.6. The quantitative estimate of drug-likeness (QED) is 0.678. The van der Waals surface area contributed by atoms with E-state index in [0.717, 1.165) is 12.1 Å². The van der Waals surface area contributed by atoms with Gasteiger partial charge in [-0.1, -0.05) is 60.7 Å². The van der Waals surface area contributed by atoms with Gasteiger partial charge >= 0.3 is 0 Å². The highest BCUT2D eigenvalue weighted by Gasteiger charge is 2.53. The third-order valence-corrected chi connectivity index (χ3v) is 6.50. The minimum absolute atomic E-state index is 0.0519. The topological polar surface area (TPSA) is 38.3 Å². The molecule has 2 bridgehead atoms. The lowest BCUT2D eigenvalue weighted by molar-refractivity contribution is -0.126. The van der Waals surface area contributed by atoms with Crippen molar-refractivity contribution in [1.29, 1.82) is 0 Å². The zero-order chi connectivity index (χ0) is 19.3. The van der Waals surface area contributed by atoms with E-state index < -0.39 is 5.41 Å². The first-order chi connectivity index (χ1) is 13.6. The van der Waals surface area contributed by atoms with Crippen molar-refractivity contribution in [3.8, 4) is 5.75 Å². The van der Waals surface area contributed by atoms with Gasteiger partial charge in [0.1, 0.15) is 5.75 Å². The standard InChI is InChI=1S/C25H23NO2/c1-25(24(27)26-21-13-7-8-14-22(21)28-2)15-20-16-9-3-5-11-18(16)23(25)19-12-6-4-10-17(19)20/h3-14,20,23H,15H2,1-2H3,(H,26,27)/t20?,23?,25-/m0/s1. The second-order valence-electron chi connectivity index (χ2n) is 8.02. The Morgan fingerprint density at radius 2 is 1.43 bits per heavy atom. The zero-order valence-corrected chi connectivity index (χ0v) is 16.1. The van der Waals surface area contributed by atoms with E-state index in [2.05, 4.69) is 60.8 Å². The Hall–Kier alpha value is -3.07. The van der Waals surface area contributed by atoms with Crippen LogP contribution in [0.3, 0.4) is 0 Å². The molecule has 3 heteroatoms. The van der Waals surface area contributed by atoms with Crippen LogP contribution >= 0.6 is 0 Å². The van der Waals surface area contributed by atoms with Crippen molar-refractivity contribution in [2.75, 3.05) is 12.4 Å². The summed E-state index contributed by atoms with van der Waals surface area (Å²) in [6.07, 6.45) is 0.812. The summed E-state index contributed by atoms with van der Waals surface area (Å²) in [6.45, 7) is 2.11. The molecule has 0 unspecified atom stereocenters. The van der Waals surface area contributed by atoms with Crippen molar-refractivity contribution < 1.29 is 9.53 Å². The van der Waals surface area contributed by atoms with Gasteiger partial charge in [0.05, 0.1) is 18.2 Å². The number of hydrogen-bond acceptors (Lipinski definition) is 2. The first-order valence-corrected chi connectivity index (χ1v) is 9.75. The summed E-state index contributed by atoms with van der Waals surface area (Å²) >= 11 is 0. The van der Waals surface area contributed by atoms with Crippen LogP contribution in [0.2, 0.25) is 0 Å². The summed E-state index contributed by atoms with van der Waals surface area (Å²) in [7, 11) is 1.63. The fourth-order valence-corrected chi connectivity index (χ4v) is 5.20. The Labute approximate surface area is 165 Å². The third-order valence-electron chi connectivity index (χ3n) is 6.50. The number of amides is 1. The van der Waals surface area contributed by atoms with E-state index in [1.807, 2.05) is 24.3 Å². The van der Waals surface area contributed by atoms with Crippen LogP contribution in [-0.2, 0) is 4.79 Å². The molecule has 3 aromatic rings. The Morgan fingerprint density at radius 1 is 0.893 bits per heavy atom. The van der Waals surface area contributed by atoms with Crippen molar-refractivity contribution in [1.82, 2.24) is 0 Å². The average molecular weight is 369 g/mol. The number of anilines is 1. The molecular weight excluding hydrogens is 346 g/mol. The van der Waals surface area contributed by atoms with Gasteiger partial charge in [0.15, 0.2) is 0 Å². The van der Waals surface area contributed by atoms with E-state index in [4.69, 9.17) is 4.74 Å². The Morgan fingerprint density at radius 3 is 2.04 bits per heavy atom. The maximum atomic E-state index is 13.6. The molecule has 3 aliphatic rings. The lowest BCUT2D eigenvalue weighted by atomic mass is 9.52. The van der Waals surface area contributed by atoms with Gasteiger partial charge in [0.2, 0.25) is 5.91 Å². The number of para-hydroxylation sites is 2. The van der Waals surface area contributed by atoms with Gasteiger partial charge in [-0.3, -0.25) is 4.79 Å². The molecule has 1 atom stereocenters. The van der Waals surface area contributed by atoms with Crippen LogP contribution < -0.4 is 10.1 Å². The maximum absolute atomic E-state index is 13.6. The van der Waals surface area contributed by atoms with E-state index in [1.165, 1.54) is 22.3 Å². The number of nitrogens with one attached hydrogen (secondary N) is 1. The predicted molar refractivity (Wildman–Crippen MR) is 111 cm³/mol. The van der Waals surface area contributed by atoms with Crippen molar-refractivity contribution in [3.05, 3.63) is 95.1 Å². The molecule has 140 valence electrons. The van der Waals surface area contributed by atoms with E-state index in [0.29, 0.717) is 5.75 Å². The van der Waals surface area contributed by atoms with Gasteiger partial charge in [-0.15, -0.1) is 0 Å². The van der Waals surface area contributed by atoms with E-state index >= 15 is 0 Å². The van der Waals surface area contributed by atoms with Gasteiger partial charge in [-0.05, 0) is 47.7 Å². The van der Waals surface area contributed by atoms with Crippen LogP contribution in [-0.4, -0.2) is 13.0 Å². The smallest absolute Gasteiger partial charge is 0.231 e. The van der Waals surface area contributed by atoms with Crippen molar-refractivity contribution in [2.45, 2.75) is 25.2 Å². The lowest BCUT2D eigenvalue weighted by Crippen LogP contribution is -2.47. The molecule has 3 nitrogen and oxygen atoms in total. The normalized spacial score (nSPS) is 24.2. The number of methoxy groups -OCH3 is 1. The number of rotatable bonds is 3. The van der Waals surface area contributed by atoms with Gasteiger partial charge in [0.25, 0.3) is 0 Å². The van der Waals surface area contributed by atoms with Crippen LogP contribution in [0.25, 0.3) is 0 Å². The number of ether oxygens (including phenoxy) is 1. The Bertz CT molecular complexity index is 1030. The fourth-order valence-electron chi connectivity index (χ4n) is 5.20. The molecular formula is C25H23NO2. The van der Waals surface area contributed by atoms with E-state index in [9.17, 15) is 4.79 Å². The van der Waals surface area contributed by atoms with Crippen molar-refractivity contribution in [2.24, 2.45) is 5.41 Å². The van der Waals surface area contributed by atoms with Gasteiger partial charge < -0.3 is 10.1 Å². The predicted octanol–water partition coefficient (Wildman–Crippen LogP) is 5.32. The molecule has 0 heterocycles. The number of carbonyl (C=O) groups excluding carboxylic acids is 1. The van der Waals surface area contributed by atoms with Gasteiger partial charge in [-0.25, -0.2) is 0 Å². The fraction of sp³-hybridized carbons (Fsp3) is 0.240. The zero-order valence-electron chi connectivity index (χ0n) is 16.1. The summed E-state index contributed by atoms with van der Waals surface area (Å²) in [5, 5.41) is 3.15. The highest BCUT2D eigenvalue weighted by molar-refractivity contribution is 5.98.